The smallest absolute Gasteiger partial charge is 0.343 e. The normalized spacial score (nSPS) is 10.5. The molecule has 0 aliphatic carbocycles. The van der Waals surface area contributed by atoms with Gasteiger partial charge in [0.25, 0.3) is 0 Å². The molecule has 0 aliphatic heterocycles. The highest BCUT2D eigenvalue weighted by Gasteiger charge is 2.14. The molecule has 0 fully saturated rings. The second-order valence-electron chi connectivity index (χ2n) is 6.51. The zero-order valence-corrected chi connectivity index (χ0v) is 18.7. The predicted molar refractivity (Wildman–Crippen MR) is 125 cm³/mol. The van der Waals surface area contributed by atoms with Crippen LogP contribution in [0.1, 0.15) is 15.9 Å². The third kappa shape index (κ3) is 7.06. The molecule has 8 nitrogen and oxygen atoms in total. The number of benzene rings is 3. The van der Waals surface area contributed by atoms with Gasteiger partial charge in [-0.2, -0.15) is 5.10 Å². The fraction of sp³-hybridized carbons (Fsp3) is 0.0435. The number of carbonyl (C=O) groups is 3. The summed E-state index contributed by atoms with van der Waals surface area (Å²) < 4.78 is 10.5. The second-order valence-corrected chi connectivity index (χ2v) is 7.38. The molecule has 0 radical (unpaired) electrons. The van der Waals surface area contributed by atoms with Crippen molar-refractivity contribution in [3.63, 3.8) is 0 Å². The number of hydrazone groups is 1. The average molecular weight is 486 g/mol. The highest BCUT2D eigenvalue weighted by atomic mass is 35.5. The van der Waals surface area contributed by atoms with Crippen molar-refractivity contribution in [3.8, 4) is 11.5 Å². The van der Waals surface area contributed by atoms with Crippen LogP contribution in [-0.2, 0) is 9.59 Å². The number of methoxy groups -OCH3 is 1. The predicted octanol–water partition coefficient (Wildman–Crippen LogP) is 4.31. The Morgan fingerprint density at radius 1 is 0.879 bits per heavy atom. The number of esters is 1. The van der Waals surface area contributed by atoms with Crippen LogP contribution in [0.2, 0.25) is 10.0 Å². The molecule has 0 saturated heterocycles. The van der Waals surface area contributed by atoms with Crippen LogP contribution in [0.25, 0.3) is 0 Å². The van der Waals surface area contributed by atoms with Crippen LogP contribution in [0.5, 0.6) is 11.5 Å². The van der Waals surface area contributed by atoms with Crippen molar-refractivity contribution < 1.29 is 23.9 Å². The summed E-state index contributed by atoms with van der Waals surface area (Å²) >= 11 is 11.7. The largest absolute Gasteiger partial charge is 0.497 e. The van der Waals surface area contributed by atoms with Gasteiger partial charge in [0.15, 0.2) is 0 Å². The van der Waals surface area contributed by atoms with Gasteiger partial charge >= 0.3 is 17.8 Å². The Balaban J connectivity index is 1.57. The molecule has 0 aliphatic rings. The molecule has 2 amide bonds. The summed E-state index contributed by atoms with van der Waals surface area (Å²) in [5.74, 6) is -1.71. The number of ether oxygens (including phenoxy) is 2. The highest BCUT2D eigenvalue weighted by Crippen LogP contribution is 2.22. The van der Waals surface area contributed by atoms with Crippen LogP contribution in [0, 0.1) is 0 Å². The van der Waals surface area contributed by atoms with E-state index in [0.29, 0.717) is 26.9 Å². The lowest BCUT2D eigenvalue weighted by molar-refractivity contribution is -0.136. The van der Waals surface area contributed by atoms with Crippen LogP contribution < -0.4 is 20.2 Å². The Hall–Kier alpha value is -3.88. The van der Waals surface area contributed by atoms with E-state index in [4.69, 9.17) is 32.7 Å². The minimum Gasteiger partial charge on any atom is -0.497 e. The number of rotatable bonds is 6. The maximum atomic E-state index is 12.3. The lowest BCUT2D eigenvalue weighted by Gasteiger charge is -2.06. The van der Waals surface area contributed by atoms with Gasteiger partial charge in [0.1, 0.15) is 11.5 Å². The van der Waals surface area contributed by atoms with Crippen LogP contribution >= 0.6 is 23.2 Å². The molecule has 3 aromatic carbocycles. The van der Waals surface area contributed by atoms with Crippen molar-refractivity contribution in [2.45, 2.75) is 0 Å². The molecular weight excluding hydrogens is 469 g/mol. The van der Waals surface area contributed by atoms with E-state index in [1.165, 1.54) is 31.5 Å². The van der Waals surface area contributed by atoms with E-state index >= 15 is 0 Å². The fourth-order valence-corrected chi connectivity index (χ4v) is 3.13. The van der Waals surface area contributed by atoms with Crippen molar-refractivity contribution in [2.24, 2.45) is 5.10 Å². The molecule has 10 heteroatoms. The number of hydrogen-bond acceptors (Lipinski definition) is 6. The Morgan fingerprint density at radius 3 is 2.30 bits per heavy atom. The second kappa shape index (κ2) is 11.1. The molecule has 33 heavy (non-hydrogen) atoms. The zero-order valence-electron chi connectivity index (χ0n) is 17.2. The molecule has 0 aromatic heterocycles. The van der Waals surface area contributed by atoms with Gasteiger partial charge in [-0.25, -0.2) is 10.2 Å². The Morgan fingerprint density at radius 2 is 1.58 bits per heavy atom. The van der Waals surface area contributed by atoms with Crippen molar-refractivity contribution in [2.75, 3.05) is 12.4 Å². The molecule has 2 N–H and O–H groups in total. The average Bonchev–Trinajstić information content (AvgIpc) is 2.78. The summed E-state index contributed by atoms with van der Waals surface area (Å²) in [7, 11) is 1.50. The van der Waals surface area contributed by atoms with Gasteiger partial charge in [0, 0.05) is 15.7 Å². The van der Waals surface area contributed by atoms with Crippen molar-refractivity contribution in [1.82, 2.24) is 5.43 Å². The maximum absolute atomic E-state index is 12.3. The van der Waals surface area contributed by atoms with E-state index in [1.54, 1.807) is 48.5 Å². The van der Waals surface area contributed by atoms with E-state index < -0.39 is 17.8 Å². The van der Waals surface area contributed by atoms with Gasteiger partial charge < -0.3 is 14.8 Å². The molecule has 0 heterocycles. The summed E-state index contributed by atoms with van der Waals surface area (Å²) in [5, 5.41) is 6.73. The summed E-state index contributed by atoms with van der Waals surface area (Å²) in [6.07, 6.45) is 1.30. The summed E-state index contributed by atoms with van der Waals surface area (Å²) in [6, 6.07) is 17.4. The molecule has 3 rings (SSSR count). The first-order valence-electron chi connectivity index (χ1n) is 9.41. The van der Waals surface area contributed by atoms with Gasteiger partial charge in [-0.05, 0) is 54.1 Å². The van der Waals surface area contributed by atoms with Crippen molar-refractivity contribution in [1.29, 1.82) is 0 Å². The van der Waals surface area contributed by atoms with Gasteiger partial charge in [-0.1, -0.05) is 41.4 Å². The fourth-order valence-electron chi connectivity index (χ4n) is 2.60. The summed E-state index contributed by atoms with van der Waals surface area (Å²) in [5.41, 5.74) is 3.22. The number of nitrogens with one attached hydrogen (secondary N) is 2. The highest BCUT2D eigenvalue weighted by molar-refractivity contribution is 6.40. The number of amides is 2. The molecule has 0 saturated carbocycles. The molecule has 0 bridgehead atoms. The number of hydrogen-bond donors (Lipinski definition) is 2. The van der Waals surface area contributed by atoms with E-state index in [0.717, 1.165) is 0 Å². The van der Waals surface area contributed by atoms with E-state index in [2.05, 4.69) is 15.8 Å². The van der Waals surface area contributed by atoms with Gasteiger partial charge in [0.2, 0.25) is 0 Å². The number of halogens is 2. The lowest BCUT2D eigenvalue weighted by atomic mass is 10.2. The Bertz CT molecular complexity index is 1210. The van der Waals surface area contributed by atoms with E-state index in [-0.39, 0.29) is 11.4 Å². The van der Waals surface area contributed by atoms with Crippen LogP contribution in [0.4, 0.5) is 5.69 Å². The molecule has 0 spiro atoms. The van der Waals surface area contributed by atoms with Gasteiger partial charge in [-0.3, -0.25) is 9.59 Å². The standard InChI is InChI=1S/C23H17Cl2N3O5/c1-32-19-6-3-5-15(9-19)23(31)33-20-7-2-4-14(8-20)13-26-28-22(30)21(29)27-18-11-16(24)10-17(25)12-18/h2-13H,1H3,(H,27,29)(H,28,30)/b26-13+. The first-order chi connectivity index (χ1) is 15.8. The SMILES string of the molecule is COc1cccc(C(=O)Oc2cccc(/C=N/NC(=O)C(=O)Nc3cc(Cl)cc(Cl)c3)c2)c1. The van der Waals surface area contributed by atoms with Crippen LogP contribution in [0.15, 0.2) is 71.8 Å². The topological polar surface area (TPSA) is 106 Å². The van der Waals surface area contributed by atoms with Crippen molar-refractivity contribution >= 4 is 52.9 Å². The molecule has 3 aromatic rings. The van der Waals surface area contributed by atoms with Crippen LogP contribution in [0.3, 0.4) is 0 Å². The zero-order chi connectivity index (χ0) is 23.8. The van der Waals surface area contributed by atoms with Gasteiger partial charge in [0.05, 0.1) is 18.9 Å². The number of anilines is 1. The summed E-state index contributed by atoms with van der Waals surface area (Å²) in [6.45, 7) is 0. The minimum atomic E-state index is -0.997. The first-order valence-corrected chi connectivity index (χ1v) is 10.2. The molecule has 0 unspecified atom stereocenters. The van der Waals surface area contributed by atoms with Crippen molar-refractivity contribution in [3.05, 3.63) is 87.9 Å². The molecular formula is C23H17Cl2N3O5. The quantitative estimate of drug-likeness (QED) is 0.178. The third-order valence-electron chi connectivity index (χ3n) is 4.08. The maximum Gasteiger partial charge on any atom is 0.343 e. The molecule has 0 atom stereocenters. The van der Waals surface area contributed by atoms with E-state index in [1.807, 2.05) is 0 Å². The van der Waals surface area contributed by atoms with Crippen LogP contribution in [-0.4, -0.2) is 31.1 Å². The lowest BCUT2D eigenvalue weighted by Crippen LogP contribution is -2.32. The third-order valence-corrected chi connectivity index (χ3v) is 4.52. The summed E-state index contributed by atoms with van der Waals surface area (Å²) in [4.78, 5) is 36.3. The Labute approximate surface area is 199 Å². The Kier molecular flexibility index (Phi) is 8.01. The number of nitrogens with zero attached hydrogens (tertiary/aromatic N) is 1. The van der Waals surface area contributed by atoms with E-state index in [9.17, 15) is 14.4 Å². The van der Waals surface area contributed by atoms with Gasteiger partial charge in [-0.15, -0.1) is 0 Å². The molecule has 168 valence electrons. The minimum absolute atomic E-state index is 0.266. The number of carbonyl (C=O) groups excluding carboxylic acids is 3. The monoisotopic (exact) mass is 485 g/mol. The first kappa shape index (κ1) is 23.8.